The van der Waals surface area contributed by atoms with Gasteiger partial charge in [0, 0.05) is 20.3 Å². The van der Waals surface area contributed by atoms with Gasteiger partial charge in [-0.1, -0.05) is 60.1 Å². The summed E-state index contributed by atoms with van der Waals surface area (Å²) in [5.41, 5.74) is -0.142. The third-order valence-corrected chi connectivity index (χ3v) is 15.2. The molecule has 0 aromatic rings. The van der Waals surface area contributed by atoms with Crippen LogP contribution in [0.3, 0.4) is 0 Å². The average Bonchev–Trinajstić information content (AvgIpc) is 2.96. The fourth-order valence-corrected chi connectivity index (χ4v) is 12.7. The van der Waals surface area contributed by atoms with Crippen LogP contribution in [0.25, 0.3) is 0 Å². The predicted molar refractivity (Wildman–Crippen MR) is 180 cm³/mol. The van der Waals surface area contributed by atoms with E-state index < -0.39 is 65.7 Å². The Morgan fingerprint density at radius 2 is 1.51 bits per heavy atom. The molecule has 6 aliphatic rings. The number of carboxylic acids is 1. The second-order valence-electron chi connectivity index (χ2n) is 18.7. The molecule has 0 aromatic carbocycles. The molecule has 10 nitrogen and oxygen atoms in total. The molecule has 10 heteroatoms. The summed E-state index contributed by atoms with van der Waals surface area (Å²) >= 11 is 0. The minimum absolute atomic E-state index is 0.0151. The molecule has 0 aromatic heterocycles. The zero-order chi connectivity index (χ0) is 36.1. The number of esters is 2. The van der Waals surface area contributed by atoms with Gasteiger partial charge in [0.1, 0.15) is 18.3 Å². The monoisotopic (exact) mass is 688 g/mol. The third kappa shape index (κ3) is 5.61. The second kappa shape index (κ2) is 12.0. The zero-order valence-corrected chi connectivity index (χ0v) is 31.0. The van der Waals surface area contributed by atoms with E-state index in [-0.39, 0.29) is 45.8 Å². The lowest BCUT2D eigenvalue weighted by molar-refractivity contribution is -0.342. The smallest absolute Gasteiger partial charge is 0.310 e. The van der Waals surface area contributed by atoms with Crippen LogP contribution < -0.4 is 0 Å². The number of ether oxygens (including phenoxy) is 4. The first-order chi connectivity index (χ1) is 22.6. The first-order valence-electron chi connectivity index (χ1n) is 18.6. The zero-order valence-electron chi connectivity index (χ0n) is 31.0. The Bertz CT molecular complexity index is 1380. The molecule has 9 unspecified atom stereocenters. The standard InChI is InChI=1S/C39H60O10/c1-21(40)46-26-20-36(7)27(35(5,6)31(26)48-29-18-25(42)30(32(43)49-29)47-22(2)41)12-13-38(9)28(36)11-10-23-24-19-34(3,4)14-16-39(24,33(44)45)17-15-37(23,38)8/h10,24-32,42-43H,11-20H2,1-9H3,(H,44,45)/t24?,25-,26?,27?,28?,29-,30-,31?,32-,36?,37?,38?,39?/m0/s1. The SMILES string of the molecule is CC(=O)OC1CC2(C)C(CCC3(C)C2CC=C2C4CC(C)(C)CCC4(C(=O)O)CCC23C)C(C)(C)C1O[C@@H]1C[C@H](O)[C@H](OC(C)=O)[C@@H](O)O1. The largest absolute Gasteiger partial charge is 0.481 e. The lowest BCUT2D eigenvalue weighted by Crippen LogP contribution is -2.68. The van der Waals surface area contributed by atoms with E-state index in [0.717, 1.165) is 44.9 Å². The van der Waals surface area contributed by atoms with Gasteiger partial charge in [-0.3, -0.25) is 14.4 Å². The van der Waals surface area contributed by atoms with Gasteiger partial charge in [-0.05, 0) is 103 Å². The van der Waals surface area contributed by atoms with Crippen molar-refractivity contribution in [2.75, 3.05) is 0 Å². The summed E-state index contributed by atoms with van der Waals surface area (Å²) in [4.78, 5) is 37.2. The summed E-state index contributed by atoms with van der Waals surface area (Å²) in [5.74, 6) is -1.15. The van der Waals surface area contributed by atoms with Gasteiger partial charge < -0.3 is 34.3 Å². The van der Waals surface area contributed by atoms with Crippen LogP contribution in [0.4, 0.5) is 0 Å². The lowest BCUT2D eigenvalue weighted by Gasteiger charge is -2.71. The molecule has 0 radical (unpaired) electrons. The molecule has 1 aliphatic heterocycles. The molecular formula is C39H60O10. The topological polar surface area (TPSA) is 149 Å². The Labute approximate surface area is 291 Å². The minimum atomic E-state index is -1.56. The number of rotatable bonds is 5. The van der Waals surface area contributed by atoms with Crippen LogP contribution in [0.1, 0.15) is 127 Å². The molecular weight excluding hydrogens is 628 g/mol. The number of allylic oxidation sites excluding steroid dienone is 2. The van der Waals surface area contributed by atoms with E-state index in [2.05, 4.69) is 54.5 Å². The van der Waals surface area contributed by atoms with E-state index >= 15 is 0 Å². The Kier molecular flexibility index (Phi) is 9.02. The van der Waals surface area contributed by atoms with Crippen molar-refractivity contribution >= 4 is 17.9 Å². The molecule has 0 spiro atoms. The average molecular weight is 689 g/mol. The molecule has 276 valence electrons. The van der Waals surface area contributed by atoms with E-state index in [1.54, 1.807) is 0 Å². The van der Waals surface area contributed by atoms with Gasteiger partial charge in [-0.25, -0.2) is 0 Å². The normalized spacial score (nSPS) is 48.4. The van der Waals surface area contributed by atoms with E-state index in [4.69, 9.17) is 18.9 Å². The number of hydrogen-bond acceptors (Lipinski definition) is 9. The van der Waals surface area contributed by atoms with Crippen molar-refractivity contribution in [3.05, 3.63) is 11.6 Å². The summed E-state index contributed by atoms with van der Waals surface area (Å²) in [6.07, 6.45) is 3.81. The van der Waals surface area contributed by atoms with Gasteiger partial charge >= 0.3 is 17.9 Å². The Balaban J connectivity index is 1.33. The molecule has 5 fully saturated rings. The van der Waals surface area contributed by atoms with Crippen molar-refractivity contribution in [2.24, 2.45) is 50.2 Å². The number of carboxylic acid groups (broad SMARTS) is 1. The highest BCUT2D eigenvalue weighted by atomic mass is 16.8. The van der Waals surface area contributed by atoms with Crippen LogP contribution in [0, 0.1) is 50.2 Å². The third-order valence-electron chi connectivity index (χ3n) is 15.2. The number of fused-ring (bicyclic) bond motifs is 7. The number of hydrogen-bond donors (Lipinski definition) is 3. The highest BCUT2D eigenvalue weighted by molar-refractivity contribution is 5.76. The predicted octanol–water partition coefficient (Wildman–Crippen LogP) is 6.16. The second-order valence-corrected chi connectivity index (χ2v) is 18.7. The molecule has 1 heterocycles. The van der Waals surface area contributed by atoms with Crippen molar-refractivity contribution in [3.63, 3.8) is 0 Å². The maximum absolute atomic E-state index is 13.0. The molecule has 0 amide bonds. The number of aliphatic carboxylic acids is 1. The summed E-state index contributed by atoms with van der Waals surface area (Å²) in [7, 11) is 0. The molecule has 4 saturated carbocycles. The fraction of sp³-hybridized carbons (Fsp3) is 0.872. The summed E-state index contributed by atoms with van der Waals surface area (Å²) < 4.78 is 23.5. The number of aliphatic hydroxyl groups excluding tert-OH is 2. The van der Waals surface area contributed by atoms with Gasteiger partial charge in [0.15, 0.2) is 18.7 Å². The van der Waals surface area contributed by atoms with Crippen molar-refractivity contribution in [1.29, 1.82) is 0 Å². The summed E-state index contributed by atoms with van der Waals surface area (Å²) in [6.45, 7) is 18.8. The van der Waals surface area contributed by atoms with Crippen LogP contribution in [-0.2, 0) is 33.3 Å². The summed E-state index contributed by atoms with van der Waals surface area (Å²) in [6, 6.07) is 0. The molecule has 1 saturated heterocycles. The van der Waals surface area contributed by atoms with Crippen molar-refractivity contribution in [2.45, 2.75) is 164 Å². The molecule has 5 aliphatic carbocycles. The minimum Gasteiger partial charge on any atom is -0.481 e. The van der Waals surface area contributed by atoms with Crippen molar-refractivity contribution in [1.82, 2.24) is 0 Å². The van der Waals surface area contributed by atoms with Crippen molar-refractivity contribution in [3.8, 4) is 0 Å². The molecule has 13 atom stereocenters. The van der Waals surface area contributed by atoms with Crippen LogP contribution in [0.2, 0.25) is 0 Å². The van der Waals surface area contributed by atoms with E-state index in [1.165, 1.54) is 19.4 Å². The molecule has 3 N–H and O–H groups in total. The maximum Gasteiger partial charge on any atom is 0.310 e. The Morgan fingerprint density at radius 3 is 2.12 bits per heavy atom. The Hall–Kier alpha value is -2.01. The van der Waals surface area contributed by atoms with Gasteiger partial charge in [0.25, 0.3) is 0 Å². The number of aliphatic hydroxyl groups is 2. The first kappa shape index (κ1) is 36.8. The highest BCUT2D eigenvalue weighted by Gasteiger charge is 2.71. The van der Waals surface area contributed by atoms with Gasteiger partial charge in [-0.2, -0.15) is 0 Å². The number of carbonyl (C=O) groups excluding carboxylic acids is 2. The van der Waals surface area contributed by atoms with Crippen LogP contribution in [0.15, 0.2) is 11.6 Å². The van der Waals surface area contributed by atoms with E-state index in [9.17, 15) is 29.7 Å². The van der Waals surface area contributed by atoms with Crippen LogP contribution in [-0.4, -0.2) is 70.2 Å². The van der Waals surface area contributed by atoms with Gasteiger partial charge in [-0.15, -0.1) is 0 Å². The van der Waals surface area contributed by atoms with Gasteiger partial charge in [0.2, 0.25) is 0 Å². The highest BCUT2D eigenvalue weighted by Crippen LogP contribution is 2.76. The first-order valence-corrected chi connectivity index (χ1v) is 18.6. The summed E-state index contributed by atoms with van der Waals surface area (Å²) in [5, 5.41) is 32.1. The maximum atomic E-state index is 13.0. The van der Waals surface area contributed by atoms with Crippen LogP contribution >= 0.6 is 0 Å². The quantitative estimate of drug-likeness (QED) is 0.174. The molecule has 0 bridgehead atoms. The molecule has 49 heavy (non-hydrogen) atoms. The van der Waals surface area contributed by atoms with Gasteiger partial charge in [0.05, 0.1) is 5.41 Å². The number of carbonyl (C=O) groups is 3. The van der Waals surface area contributed by atoms with E-state index in [1.807, 2.05) is 0 Å². The lowest BCUT2D eigenvalue weighted by atomic mass is 9.33. The van der Waals surface area contributed by atoms with Crippen molar-refractivity contribution < 1.29 is 48.7 Å². The van der Waals surface area contributed by atoms with Crippen LogP contribution in [0.5, 0.6) is 0 Å². The Morgan fingerprint density at radius 1 is 0.857 bits per heavy atom. The fourth-order valence-electron chi connectivity index (χ4n) is 12.7. The molecule has 6 rings (SSSR count). The van der Waals surface area contributed by atoms with E-state index in [0.29, 0.717) is 12.8 Å².